The van der Waals surface area contributed by atoms with E-state index in [1.807, 2.05) is 0 Å². The standard InChI is InChI=1S/C13H16F4N3O6P/c1-5(2)25-27(22)23-4-13(11(16)17)8(26-27)7(15)10(24-13)20-3-6(14)9(18)19-12(20)21/h3,5,7-8,10-11H,4H2,1-2H3,(H2,18,19,21). The van der Waals surface area contributed by atoms with Crippen molar-refractivity contribution in [3.8, 4) is 0 Å². The third-order valence-electron chi connectivity index (χ3n) is 3.99. The summed E-state index contributed by atoms with van der Waals surface area (Å²) in [5.41, 5.74) is 1.23. The second-order valence-electron chi connectivity index (χ2n) is 6.27. The molecule has 1 aromatic heterocycles. The van der Waals surface area contributed by atoms with E-state index >= 15 is 0 Å². The first-order valence-corrected chi connectivity index (χ1v) is 9.21. The maximum atomic E-state index is 15.0. The average molecular weight is 417 g/mol. The second-order valence-corrected chi connectivity index (χ2v) is 7.85. The maximum absolute atomic E-state index is 15.0. The summed E-state index contributed by atoms with van der Waals surface area (Å²) in [5.74, 6) is -1.93. The third kappa shape index (κ3) is 3.38. The van der Waals surface area contributed by atoms with Crippen LogP contribution in [0.4, 0.5) is 23.4 Å². The highest BCUT2D eigenvalue weighted by molar-refractivity contribution is 7.48. The normalized spacial score (nSPS) is 36.4. The third-order valence-corrected chi connectivity index (χ3v) is 5.60. The molecule has 0 spiro atoms. The van der Waals surface area contributed by atoms with E-state index in [9.17, 15) is 26.9 Å². The van der Waals surface area contributed by atoms with E-state index in [1.165, 1.54) is 13.8 Å². The Hall–Kier alpha value is -1.53. The van der Waals surface area contributed by atoms with E-state index < -0.39 is 68.4 Å². The van der Waals surface area contributed by atoms with Crippen molar-refractivity contribution in [3.05, 3.63) is 22.5 Å². The number of rotatable bonds is 4. The van der Waals surface area contributed by atoms with Gasteiger partial charge < -0.3 is 10.5 Å². The molecule has 2 N–H and O–H groups in total. The number of ether oxygens (including phenoxy) is 1. The van der Waals surface area contributed by atoms with Crippen molar-refractivity contribution in [1.82, 2.24) is 9.55 Å². The summed E-state index contributed by atoms with van der Waals surface area (Å²) in [6.45, 7) is 1.92. The lowest BCUT2D eigenvalue weighted by Gasteiger charge is -2.39. The van der Waals surface area contributed by atoms with E-state index in [2.05, 4.69) is 4.98 Å². The first-order valence-electron chi connectivity index (χ1n) is 7.74. The zero-order chi connectivity index (χ0) is 20.1. The largest absolute Gasteiger partial charge is 0.475 e. The number of aromatic nitrogens is 2. The molecule has 2 saturated heterocycles. The van der Waals surface area contributed by atoms with E-state index in [-0.39, 0.29) is 0 Å². The number of anilines is 1. The molecule has 0 aromatic carbocycles. The molecule has 27 heavy (non-hydrogen) atoms. The van der Waals surface area contributed by atoms with Crippen LogP contribution in [-0.4, -0.2) is 46.6 Å². The predicted octanol–water partition coefficient (Wildman–Crippen LogP) is 1.78. The van der Waals surface area contributed by atoms with Crippen molar-refractivity contribution in [2.24, 2.45) is 0 Å². The summed E-state index contributed by atoms with van der Waals surface area (Å²) in [5, 5.41) is 0. The van der Waals surface area contributed by atoms with Gasteiger partial charge in [-0.15, -0.1) is 0 Å². The molecular weight excluding hydrogens is 401 g/mol. The molecule has 0 radical (unpaired) electrons. The summed E-state index contributed by atoms with van der Waals surface area (Å²) < 4.78 is 88.5. The smallest absolute Gasteiger partial charge is 0.381 e. The van der Waals surface area contributed by atoms with Gasteiger partial charge in [-0.1, -0.05) is 0 Å². The summed E-state index contributed by atoms with van der Waals surface area (Å²) in [6.07, 6.45) is -10.1. The lowest BCUT2D eigenvalue weighted by atomic mass is 9.97. The number of alkyl halides is 3. The molecule has 0 bridgehead atoms. The van der Waals surface area contributed by atoms with Crippen molar-refractivity contribution >= 4 is 13.6 Å². The molecule has 1 aromatic rings. The molecule has 2 fully saturated rings. The van der Waals surface area contributed by atoms with Gasteiger partial charge in [-0.2, -0.15) is 4.98 Å². The van der Waals surface area contributed by atoms with Crippen molar-refractivity contribution in [2.75, 3.05) is 12.3 Å². The molecule has 0 saturated carbocycles. The van der Waals surface area contributed by atoms with Gasteiger partial charge in [0, 0.05) is 0 Å². The lowest BCUT2D eigenvalue weighted by Crippen LogP contribution is -2.55. The Morgan fingerprint density at radius 2 is 2.15 bits per heavy atom. The molecule has 14 heteroatoms. The number of halogens is 4. The molecule has 152 valence electrons. The first kappa shape index (κ1) is 20.2. The van der Waals surface area contributed by atoms with Gasteiger partial charge in [-0.3, -0.25) is 18.1 Å². The Bertz CT molecular complexity index is 839. The summed E-state index contributed by atoms with van der Waals surface area (Å²) >= 11 is 0. The number of nitrogen functional groups attached to an aromatic ring is 1. The number of hydrogen-bond acceptors (Lipinski definition) is 8. The minimum absolute atomic E-state index is 0.330. The molecule has 0 aliphatic carbocycles. The number of nitrogens with two attached hydrogens (primary N) is 1. The summed E-state index contributed by atoms with van der Waals surface area (Å²) in [6, 6.07) is 0. The molecule has 0 amide bonds. The van der Waals surface area contributed by atoms with E-state index in [4.69, 9.17) is 24.0 Å². The first-order chi connectivity index (χ1) is 12.5. The van der Waals surface area contributed by atoms with Crippen molar-refractivity contribution in [3.63, 3.8) is 0 Å². The lowest BCUT2D eigenvalue weighted by molar-refractivity contribution is -0.208. The monoisotopic (exact) mass is 417 g/mol. The maximum Gasteiger partial charge on any atom is 0.475 e. The van der Waals surface area contributed by atoms with Gasteiger partial charge in [0.1, 0.15) is 6.10 Å². The van der Waals surface area contributed by atoms with Crippen LogP contribution < -0.4 is 11.4 Å². The van der Waals surface area contributed by atoms with Crippen LogP contribution in [-0.2, 0) is 22.9 Å². The Morgan fingerprint density at radius 3 is 2.74 bits per heavy atom. The number of phosphoric ester groups is 1. The fourth-order valence-electron chi connectivity index (χ4n) is 2.79. The molecule has 5 atom stereocenters. The van der Waals surface area contributed by atoms with Crippen molar-refractivity contribution in [2.45, 2.75) is 50.5 Å². The number of fused-ring (bicyclic) bond motifs is 1. The minimum Gasteiger partial charge on any atom is -0.381 e. The van der Waals surface area contributed by atoms with Gasteiger partial charge in [0.15, 0.2) is 29.6 Å². The Labute approximate surface area is 150 Å². The van der Waals surface area contributed by atoms with Crippen molar-refractivity contribution in [1.29, 1.82) is 0 Å². The highest BCUT2D eigenvalue weighted by Crippen LogP contribution is 2.61. The van der Waals surface area contributed by atoms with Crippen LogP contribution in [0.5, 0.6) is 0 Å². The second kappa shape index (κ2) is 6.82. The Morgan fingerprint density at radius 1 is 1.48 bits per heavy atom. The minimum atomic E-state index is -4.36. The SMILES string of the molecule is CC(C)OP1(=O)OCC2(C(F)F)OC(n3cc(F)c(N)nc3=O)C(F)C2O1. The Balaban J connectivity index is 2.00. The topological polar surface area (TPSA) is 115 Å². The summed E-state index contributed by atoms with van der Waals surface area (Å²) in [4.78, 5) is 15.0. The molecule has 3 rings (SSSR count). The zero-order valence-electron chi connectivity index (χ0n) is 14.1. The van der Waals surface area contributed by atoms with Gasteiger partial charge >= 0.3 is 13.5 Å². The van der Waals surface area contributed by atoms with E-state index in [1.54, 1.807) is 0 Å². The Kier molecular flexibility index (Phi) is 5.10. The van der Waals surface area contributed by atoms with E-state index in [0.717, 1.165) is 0 Å². The molecule has 2 aliphatic rings. The van der Waals surface area contributed by atoms with Crippen LogP contribution in [0.25, 0.3) is 0 Å². The van der Waals surface area contributed by atoms with Gasteiger partial charge in [0.2, 0.25) is 0 Å². The van der Waals surface area contributed by atoms with Crippen LogP contribution in [0.1, 0.15) is 20.1 Å². The van der Waals surface area contributed by atoms with Gasteiger partial charge in [0.25, 0.3) is 6.43 Å². The molecule has 2 aliphatic heterocycles. The van der Waals surface area contributed by atoms with Gasteiger partial charge in [-0.25, -0.2) is 26.9 Å². The molecule has 3 heterocycles. The number of nitrogens with zero attached hydrogens (tertiary/aromatic N) is 2. The highest BCUT2D eigenvalue weighted by Gasteiger charge is 2.68. The fourth-order valence-corrected chi connectivity index (χ4v) is 4.41. The quantitative estimate of drug-likeness (QED) is 0.583. The summed E-state index contributed by atoms with van der Waals surface area (Å²) in [7, 11) is -4.36. The van der Waals surface area contributed by atoms with Crippen LogP contribution in [0.2, 0.25) is 0 Å². The van der Waals surface area contributed by atoms with E-state index in [0.29, 0.717) is 10.8 Å². The molecular formula is C13H16F4N3O6P. The van der Waals surface area contributed by atoms with Crippen LogP contribution in [0.15, 0.2) is 11.0 Å². The van der Waals surface area contributed by atoms with Gasteiger partial charge in [-0.05, 0) is 13.8 Å². The predicted molar refractivity (Wildman–Crippen MR) is 81.3 cm³/mol. The average Bonchev–Trinajstić information content (AvgIpc) is 2.84. The zero-order valence-corrected chi connectivity index (χ0v) is 14.9. The molecule has 5 unspecified atom stereocenters. The highest BCUT2D eigenvalue weighted by atomic mass is 31.2. The molecule has 9 nitrogen and oxygen atoms in total. The van der Waals surface area contributed by atoms with Crippen LogP contribution >= 0.6 is 7.82 Å². The van der Waals surface area contributed by atoms with Gasteiger partial charge in [0.05, 0.1) is 18.9 Å². The number of phosphoric acid groups is 1. The van der Waals surface area contributed by atoms with Crippen molar-refractivity contribution < 1.29 is 40.4 Å². The number of hydrogen-bond donors (Lipinski definition) is 1. The van der Waals surface area contributed by atoms with Crippen LogP contribution in [0.3, 0.4) is 0 Å². The fraction of sp³-hybridized carbons (Fsp3) is 0.692. The van der Waals surface area contributed by atoms with Crippen LogP contribution in [0, 0.1) is 5.82 Å².